The number of hydrogen-bond acceptors (Lipinski definition) is 4. The lowest BCUT2D eigenvalue weighted by atomic mass is 10.1. The first-order valence-corrected chi connectivity index (χ1v) is 8.27. The van der Waals surface area contributed by atoms with Gasteiger partial charge in [0.1, 0.15) is 0 Å². The number of carbonyl (C=O) groups excluding carboxylic acids is 1. The first-order valence-electron chi connectivity index (χ1n) is 8.27. The second-order valence-electron chi connectivity index (χ2n) is 6.28. The number of aromatic nitrogens is 2. The average molecular weight is 328 g/mol. The van der Waals surface area contributed by atoms with Crippen molar-refractivity contribution in [3.63, 3.8) is 0 Å². The van der Waals surface area contributed by atoms with Gasteiger partial charge < -0.3 is 10.1 Å². The molecule has 1 N–H and O–H groups in total. The van der Waals surface area contributed by atoms with Crippen LogP contribution in [0, 0.1) is 0 Å². The minimum absolute atomic E-state index is 0.118. The lowest BCUT2D eigenvalue weighted by molar-refractivity contribution is 0.102. The minimum Gasteiger partial charge on any atom is -0.383 e. The van der Waals surface area contributed by atoms with Crippen LogP contribution in [0.15, 0.2) is 36.7 Å². The molecule has 0 unspecified atom stereocenters. The minimum atomic E-state index is -0.118. The number of hydrogen-bond donors (Lipinski definition) is 1. The summed E-state index contributed by atoms with van der Waals surface area (Å²) in [7, 11) is 3.58. The van der Waals surface area contributed by atoms with E-state index in [1.54, 1.807) is 24.2 Å². The number of nitrogens with zero attached hydrogens (tertiary/aromatic N) is 3. The molecule has 1 atom stereocenters. The topological polar surface area (TPSA) is 59.4 Å². The van der Waals surface area contributed by atoms with E-state index < -0.39 is 0 Å². The number of aryl methyl sites for hydroxylation is 1. The smallest absolute Gasteiger partial charge is 0.255 e. The summed E-state index contributed by atoms with van der Waals surface area (Å²) in [5.41, 5.74) is 2.57. The fourth-order valence-electron chi connectivity index (χ4n) is 3.17. The number of anilines is 1. The number of methoxy groups -OCH3 is 1. The van der Waals surface area contributed by atoms with Crippen molar-refractivity contribution in [2.45, 2.75) is 25.4 Å². The second kappa shape index (κ2) is 7.59. The van der Waals surface area contributed by atoms with Crippen LogP contribution >= 0.6 is 0 Å². The van der Waals surface area contributed by atoms with Gasteiger partial charge in [-0.15, -0.1) is 0 Å². The highest BCUT2D eigenvalue weighted by Gasteiger charge is 2.24. The lowest BCUT2D eigenvalue weighted by Crippen LogP contribution is -2.32. The standard InChI is InChI=1S/C18H24N4O2/c1-21-12-16(10-19-21)20-18(23)15-7-5-14(6-8-15)11-22-9-3-4-17(22)13-24-2/h5-8,10,12,17H,3-4,9,11,13H2,1-2H3,(H,20,23)/t17-/m1/s1. The van der Waals surface area contributed by atoms with Gasteiger partial charge in [0.2, 0.25) is 0 Å². The van der Waals surface area contributed by atoms with E-state index in [1.165, 1.54) is 18.4 Å². The number of nitrogens with one attached hydrogen (secondary N) is 1. The van der Waals surface area contributed by atoms with Gasteiger partial charge >= 0.3 is 0 Å². The van der Waals surface area contributed by atoms with Crippen LogP contribution < -0.4 is 5.32 Å². The van der Waals surface area contributed by atoms with Crippen LogP contribution in [0.4, 0.5) is 5.69 Å². The predicted octanol–water partition coefficient (Wildman–Crippen LogP) is 2.28. The molecule has 0 radical (unpaired) electrons. The summed E-state index contributed by atoms with van der Waals surface area (Å²) in [5.74, 6) is -0.118. The van der Waals surface area contributed by atoms with E-state index in [9.17, 15) is 4.79 Å². The molecule has 0 spiro atoms. The molecule has 0 bridgehead atoms. The van der Waals surface area contributed by atoms with E-state index >= 15 is 0 Å². The molecule has 6 nitrogen and oxygen atoms in total. The Bertz CT molecular complexity index is 681. The Morgan fingerprint density at radius 3 is 2.83 bits per heavy atom. The summed E-state index contributed by atoms with van der Waals surface area (Å²) in [6.45, 7) is 2.79. The number of amides is 1. The summed E-state index contributed by atoms with van der Waals surface area (Å²) in [5, 5.41) is 6.89. The normalized spacial score (nSPS) is 18.0. The van der Waals surface area contributed by atoms with Crippen LogP contribution in [-0.4, -0.2) is 46.9 Å². The van der Waals surface area contributed by atoms with Crippen molar-refractivity contribution in [3.8, 4) is 0 Å². The molecule has 0 saturated carbocycles. The summed E-state index contributed by atoms with van der Waals surface area (Å²) in [6, 6.07) is 8.31. The molecule has 1 amide bonds. The molecule has 3 rings (SSSR count). The van der Waals surface area contributed by atoms with Crippen LogP contribution in [0.1, 0.15) is 28.8 Å². The zero-order chi connectivity index (χ0) is 16.9. The van der Waals surface area contributed by atoms with Crippen LogP contribution in [-0.2, 0) is 18.3 Å². The second-order valence-corrected chi connectivity index (χ2v) is 6.28. The molecule has 1 saturated heterocycles. The predicted molar refractivity (Wildman–Crippen MR) is 92.9 cm³/mol. The third-order valence-corrected chi connectivity index (χ3v) is 4.42. The van der Waals surface area contributed by atoms with E-state index in [1.807, 2.05) is 31.3 Å². The molecular formula is C18H24N4O2. The highest BCUT2D eigenvalue weighted by Crippen LogP contribution is 2.20. The maximum Gasteiger partial charge on any atom is 0.255 e. The van der Waals surface area contributed by atoms with Crippen LogP contribution in [0.25, 0.3) is 0 Å². The summed E-state index contributed by atoms with van der Waals surface area (Å²) >= 11 is 0. The van der Waals surface area contributed by atoms with Crippen molar-refractivity contribution < 1.29 is 9.53 Å². The number of likely N-dealkylation sites (tertiary alicyclic amines) is 1. The van der Waals surface area contributed by atoms with Gasteiger partial charge in [-0.1, -0.05) is 12.1 Å². The van der Waals surface area contributed by atoms with E-state index in [4.69, 9.17) is 4.74 Å². The lowest BCUT2D eigenvalue weighted by Gasteiger charge is -2.23. The maximum absolute atomic E-state index is 12.2. The monoisotopic (exact) mass is 328 g/mol. The molecule has 0 aliphatic carbocycles. The summed E-state index contributed by atoms with van der Waals surface area (Å²) < 4.78 is 6.96. The third kappa shape index (κ3) is 4.01. The van der Waals surface area contributed by atoms with Crippen molar-refractivity contribution in [1.82, 2.24) is 14.7 Å². The highest BCUT2D eigenvalue weighted by atomic mass is 16.5. The first-order chi connectivity index (χ1) is 11.7. The van der Waals surface area contributed by atoms with Crippen LogP contribution in [0.2, 0.25) is 0 Å². The fraction of sp³-hybridized carbons (Fsp3) is 0.444. The Kier molecular flexibility index (Phi) is 5.27. The molecule has 1 aliphatic rings. The van der Waals surface area contributed by atoms with Crippen LogP contribution in [0.5, 0.6) is 0 Å². The SMILES string of the molecule is COC[C@H]1CCCN1Cc1ccc(C(=O)Nc2cnn(C)c2)cc1. The number of rotatable bonds is 6. The number of carbonyl (C=O) groups is 1. The van der Waals surface area contributed by atoms with Gasteiger partial charge in [-0.25, -0.2) is 0 Å². The quantitative estimate of drug-likeness (QED) is 0.884. The van der Waals surface area contributed by atoms with Gasteiger partial charge in [-0.3, -0.25) is 14.4 Å². The number of ether oxygens (including phenoxy) is 1. The Morgan fingerprint density at radius 1 is 1.38 bits per heavy atom. The number of benzene rings is 1. The molecule has 1 aliphatic heterocycles. The van der Waals surface area contributed by atoms with E-state index in [2.05, 4.69) is 15.3 Å². The van der Waals surface area contributed by atoms with Crippen molar-refractivity contribution in [2.75, 3.05) is 25.6 Å². The van der Waals surface area contributed by atoms with E-state index in [0.717, 1.165) is 19.7 Å². The maximum atomic E-state index is 12.2. The van der Waals surface area contributed by atoms with Crippen molar-refractivity contribution in [2.24, 2.45) is 7.05 Å². The molecule has 1 aromatic heterocycles. The highest BCUT2D eigenvalue weighted by molar-refractivity contribution is 6.04. The first kappa shape index (κ1) is 16.7. The Balaban J connectivity index is 1.59. The zero-order valence-corrected chi connectivity index (χ0v) is 14.2. The van der Waals surface area contributed by atoms with Gasteiger partial charge in [0.15, 0.2) is 0 Å². The Hall–Kier alpha value is -2.18. The molecule has 1 aromatic carbocycles. The molecule has 6 heteroatoms. The van der Waals surface area contributed by atoms with Crippen molar-refractivity contribution >= 4 is 11.6 Å². The molecule has 1 fully saturated rings. The van der Waals surface area contributed by atoms with Gasteiger partial charge in [-0.2, -0.15) is 5.10 Å². The molecule has 2 heterocycles. The summed E-state index contributed by atoms with van der Waals surface area (Å²) in [4.78, 5) is 14.7. The molecule has 128 valence electrons. The Morgan fingerprint density at radius 2 is 2.17 bits per heavy atom. The van der Waals surface area contributed by atoms with Gasteiger partial charge in [0.25, 0.3) is 5.91 Å². The zero-order valence-electron chi connectivity index (χ0n) is 14.2. The Labute approximate surface area is 142 Å². The van der Waals surface area contributed by atoms with E-state index in [0.29, 0.717) is 17.3 Å². The van der Waals surface area contributed by atoms with Gasteiger partial charge in [0, 0.05) is 38.5 Å². The van der Waals surface area contributed by atoms with Crippen molar-refractivity contribution in [3.05, 3.63) is 47.8 Å². The molecule has 2 aromatic rings. The fourth-order valence-corrected chi connectivity index (χ4v) is 3.17. The third-order valence-electron chi connectivity index (χ3n) is 4.42. The van der Waals surface area contributed by atoms with Crippen molar-refractivity contribution in [1.29, 1.82) is 0 Å². The van der Waals surface area contributed by atoms with Crippen LogP contribution in [0.3, 0.4) is 0 Å². The molecule has 24 heavy (non-hydrogen) atoms. The average Bonchev–Trinajstić information content (AvgIpc) is 3.18. The van der Waals surface area contributed by atoms with Gasteiger partial charge in [-0.05, 0) is 37.1 Å². The summed E-state index contributed by atoms with van der Waals surface area (Å²) in [6.07, 6.45) is 5.82. The molecular weight excluding hydrogens is 304 g/mol. The van der Waals surface area contributed by atoms with Gasteiger partial charge in [0.05, 0.1) is 18.5 Å². The largest absolute Gasteiger partial charge is 0.383 e. The van der Waals surface area contributed by atoms with E-state index in [-0.39, 0.29) is 5.91 Å².